The fourth-order valence-corrected chi connectivity index (χ4v) is 3.32. The fourth-order valence-electron chi connectivity index (χ4n) is 3.32. The molecular formula is C24H46O2. The highest BCUT2D eigenvalue weighted by molar-refractivity contribution is 5.16. The summed E-state index contributed by atoms with van der Waals surface area (Å²) in [7, 11) is 0. The molecule has 0 radical (unpaired) electrons. The highest BCUT2D eigenvalue weighted by Gasteiger charge is 2.28. The molecule has 0 heterocycles. The molecule has 0 aromatic heterocycles. The molecule has 0 bridgehead atoms. The van der Waals surface area contributed by atoms with E-state index in [-0.39, 0.29) is 11.8 Å². The van der Waals surface area contributed by atoms with E-state index in [0.29, 0.717) is 5.92 Å². The van der Waals surface area contributed by atoms with Crippen LogP contribution in [0.5, 0.6) is 0 Å². The summed E-state index contributed by atoms with van der Waals surface area (Å²) in [5, 5.41) is 19.4. The van der Waals surface area contributed by atoms with Gasteiger partial charge in [0.15, 0.2) is 0 Å². The molecule has 2 N–H and O–H groups in total. The van der Waals surface area contributed by atoms with E-state index in [4.69, 9.17) is 0 Å². The van der Waals surface area contributed by atoms with Crippen LogP contribution in [0.15, 0.2) is 0 Å². The van der Waals surface area contributed by atoms with Gasteiger partial charge in [0.25, 0.3) is 0 Å². The zero-order valence-corrected chi connectivity index (χ0v) is 18.4. The maximum absolute atomic E-state index is 9.72. The van der Waals surface area contributed by atoms with Crippen molar-refractivity contribution in [1.82, 2.24) is 0 Å². The van der Waals surface area contributed by atoms with Gasteiger partial charge in [-0.25, -0.2) is 0 Å². The van der Waals surface area contributed by atoms with Gasteiger partial charge in [-0.3, -0.25) is 0 Å². The Hall–Kier alpha value is -0.520. The third kappa shape index (κ3) is 12.0. The lowest BCUT2D eigenvalue weighted by Gasteiger charge is -2.30. The molecule has 0 aromatic rings. The van der Waals surface area contributed by atoms with Gasteiger partial charge in [-0.1, -0.05) is 104 Å². The molecule has 0 rings (SSSR count). The number of rotatable bonds is 15. The van der Waals surface area contributed by atoms with E-state index in [1.165, 1.54) is 77.0 Å². The van der Waals surface area contributed by atoms with Gasteiger partial charge < -0.3 is 10.2 Å². The number of unbranched alkanes of at least 4 members (excludes halogenated alkanes) is 10. The molecule has 0 aromatic carbocycles. The van der Waals surface area contributed by atoms with E-state index in [1.807, 2.05) is 0 Å². The van der Waals surface area contributed by atoms with Crippen LogP contribution in [0.4, 0.5) is 0 Å². The van der Waals surface area contributed by atoms with E-state index in [9.17, 15) is 10.2 Å². The van der Waals surface area contributed by atoms with Crippen molar-refractivity contribution in [3.63, 3.8) is 0 Å². The average molecular weight is 367 g/mol. The van der Waals surface area contributed by atoms with Gasteiger partial charge in [0, 0.05) is 11.8 Å². The zero-order valence-electron chi connectivity index (χ0n) is 18.4. The molecule has 2 unspecified atom stereocenters. The van der Waals surface area contributed by atoms with Crippen molar-refractivity contribution in [2.75, 3.05) is 0 Å². The van der Waals surface area contributed by atoms with Crippen LogP contribution in [0, 0.1) is 23.2 Å². The van der Waals surface area contributed by atoms with Crippen molar-refractivity contribution >= 4 is 0 Å². The summed E-state index contributed by atoms with van der Waals surface area (Å²) in [5.74, 6) is 4.50. The largest absolute Gasteiger partial charge is 0.356 e. The molecule has 2 heteroatoms. The van der Waals surface area contributed by atoms with Gasteiger partial charge in [0.1, 0.15) is 0 Å². The monoisotopic (exact) mass is 366 g/mol. The van der Waals surface area contributed by atoms with Crippen molar-refractivity contribution in [2.45, 2.75) is 130 Å². The first kappa shape index (κ1) is 25.5. The highest BCUT2D eigenvalue weighted by Crippen LogP contribution is 2.34. The predicted octanol–water partition coefficient (Wildman–Crippen LogP) is 6.83. The van der Waals surface area contributed by atoms with E-state index in [2.05, 4.69) is 39.5 Å². The molecule has 154 valence electrons. The predicted molar refractivity (Wildman–Crippen MR) is 114 cm³/mol. The number of hydrogen-bond donors (Lipinski definition) is 2. The molecular weight excluding hydrogens is 320 g/mol. The Bertz CT molecular complexity index is 391. The Morgan fingerprint density at radius 3 is 1.58 bits per heavy atom. The fraction of sp³-hybridized carbons (Fsp3) is 0.917. The average Bonchev–Trinajstić information content (AvgIpc) is 2.64. The molecule has 0 amide bonds. The normalized spacial score (nSPS) is 15.2. The maximum Gasteiger partial charge on any atom is 0.228 e. The van der Waals surface area contributed by atoms with E-state index >= 15 is 0 Å². The third-order valence-electron chi connectivity index (χ3n) is 6.10. The van der Waals surface area contributed by atoms with Crippen molar-refractivity contribution in [2.24, 2.45) is 11.3 Å². The Kier molecular flexibility index (Phi) is 14.2. The molecule has 0 saturated heterocycles. The first-order chi connectivity index (χ1) is 12.3. The van der Waals surface area contributed by atoms with Crippen LogP contribution in [0.2, 0.25) is 0 Å². The van der Waals surface area contributed by atoms with Crippen LogP contribution >= 0.6 is 0 Å². The first-order valence-electron chi connectivity index (χ1n) is 11.3. The summed E-state index contributed by atoms with van der Waals surface area (Å²) in [6.45, 7) is 10.6. The second-order valence-corrected chi connectivity index (χ2v) is 8.42. The van der Waals surface area contributed by atoms with Crippen molar-refractivity contribution in [3.05, 3.63) is 0 Å². The standard InChI is InChI=1S/C24H46O2/c1-6-9-10-11-12-13-14-15-16-17-18-19-22(4)23(5,7-2)20-21-24(25,26)8-3/h22,25-26H,6-19H2,1-5H3. The number of hydrogen-bond acceptors (Lipinski definition) is 2. The third-order valence-corrected chi connectivity index (χ3v) is 6.10. The van der Waals surface area contributed by atoms with Gasteiger partial charge in [-0.2, -0.15) is 0 Å². The Morgan fingerprint density at radius 2 is 1.15 bits per heavy atom. The quantitative estimate of drug-likeness (QED) is 0.189. The second kappa shape index (κ2) is 14.5. The summed E-state index contributed by atoms with van der Waals surface area (Å²) in [4.78, 5) is 0. The minimum atomic E-state index is -1.84. The lowest BCUT2D eigenvalue weighted by Crippen LogP contribution is -2.27. The molecule has 0 aliphatic rings. The lowest BCUT2D eigenvalue weighted by molar-refractivity contribution is -0.110. The van der Waals surface area contributed by atoms with Gasteiger partial charge >= 0.3 is 0 Å². The van der Waals surface area contributed by atoms with Crippen LogP contribution < -0.4 is 0 Å². The van der Waals surface area contributed by atoms with E-state index in [1.54, 1.807) is 6.92 Å². The minimum absolute atomic E-state index is 0.135. The van der Waals surface area contributed by atoms with E-state index < -0.39 is 5.79 Å². The van der Waals surface area contributed by atoms with E-state index in [0.717, 1.165) is 6.42 Å². The van der Waals surface area contributed by atoms with Gasteiger partial charge in [0.2, 0.25) is 5.79 Å². The summed E-state index contributed by atoms with van der Waals surface area (Å²) >= 11 is 0. The molecule has 2 nitrogen and oxygen atoms in total. The molecule has 0 aliphatic heterocycles. The topological polar surface area (TPSA) is 40.5 Å². The second-order valence-electron chi connectivity index (χ2n) is 8.42. The summed E-state index contributed by atoms with van der Waals surface area (Å²) < 4.78 is 0. The zero-order chi connectivity index (χ0) is 19.9. The SMILES string of the molecule is CCCCCCCCCCCCCC(C)C(C)(C#CC(O)(O)CC)CC. The first-order valence-corrected chi connectivity index (χ1v) is 11.3. The summed E-state index contributed by atoms with van der Waals surface area (Å²) in [6, 6.07) is 0. The maximum atomic E-state index is 9.72. The summed E-state index contributed by atoms with van der Waals surface area (Å²) in [6.07, 6.45) is 17.4. The van der Waals surface area contributed by atoms with Crippen LogP contribution in [0.25, 0.3) is 0 Å². The molecule has 0 saturated carbocycles. The number of aliphatic hydroxyl groups is 2. The Morgan fingerprint density at radius 1 is 0.692 bits per heavy atom. The molecule has 2 atom stereocenters. The molecule has 0 aliphatic carbocycles. The Balaban J connectivity index is 3.93. The van der Waals surface area contributed by atoms with Crippen LogP contribution in [0.3, 0.4) is 0 Å². The van der Waals surface area contributed by atoms with Crippen molar-refractivity contribution in [3.8, 4) is 11.8 Å². The molecule has 26 heavy (non-hydrogen) atoms. The van der Waals surface area contributed by atoms with Gasteiger partial charge in [-0.05, 0) is 31.6 Å². The van der Waals surface area contributed by atoms with Crippen LogP contribution in [-0.2, 0) is 0 Å². The van der Waals surface area contributed by atoms with Gasteiger partial charge in [-0.15, -0.1) is 0 Å². The van der Waals surface area contributed by atoms with Crippen molar-refractivity contribution < 1.29 is 10.2 Å². The lowest BCUT2D eigenvalue weighted by atomic mass is 9.74. The summed E-state index contributed by atoms with van der Waals surface area (Å²) in [5.41, 5.74) is -0.135. The van der Waals surface area contributed by atoms with Crippen LogP contribution in [0.1, 0.15) is 125 Å². The van der Waals surface area contributed by atoms with Crippen molar-refractivity contribution in [1.29, 1.82) is 0 Å². The minimum Gasteiger partial charge on any atom is -0.356 e. The van der Waals surface area contributed by atoms with Gasteiger partial charge in [0.05, 0.1) is 0 Å². The van der Waals surface area contributed by atoms with Crippen LogP contribution in [-0.4, -0.2) is 16.0 Å². The Labute approximate surface area is 164 Å². The highest BCUT2D eigenvalue weighted by atomic mass is 16.5. The molecule has 0 fully saturated rings. The molecule has 0 spiro atoms. The smallest absolute Gasteiger partial charge is 0.228 e.